The quantitative estimate of drug-likeness (QED) is 0.537. The zero-order valence-corrected chi connectivity index (χ0v) is 15.6. The minimum atomic E-state index is -5.87. The van der Waals surface area contributed by atoms with Gasteiger partial charge in [0.15, 0.2) is 11.6 Å². The van der Waals surface area contributed by atoms with Crippen molar-refractivity contribution in [1.82, 2.24) is 10.6 Å². The zero-order chi connectivity index (χ0) is 22.9. The van der Waals surface area contributed by atoms with Gasteiger partial charge >= 0.3 is 12.1 Å². The van der Waals surface area contributed by atoms with Crippen molar-refractivity contribution < 1.29 is 45.5 Å². The van der Waals surface area contributed by atoms with Crippen LogP contribution in [0.15, 0.2) is 18.2 Å². The molecule has 0 radical (unpaired) electrons. The Labute approximate surface area is 166 Å². The Morgan fingerprint density at radius 3 is 2.47 bits per heavy atom. The molecule has 166 valence electrons. The van der Waals surface area contributed by atoms with E-state index >= 15 is 0 Å². The summed E-state index contributed by atoms with van der Waals surface area (Å²) in [6.07, 6.45) is -5.87. The summed E-state index contributed by atoms with van der Waals surface area (Å²) in [5.41, 5.74) is 0.0944. The first-order chi connectivity index (χ1) is 13.8. The summed E-state index contributed by atoms with van der Waals surface area (Å²) < 4.78 is 81.4. The fourth-order valence-electron chi connectivity index (χ4n) is 2.47. The van der Waals surface area contributed by atoms with Crippen LogP contribution in [0.25, 0.3) is 0 Å². The number of nitrogens with zero attached hydrogens (tertiary/aromatic N) is 1. The maximum absolute atomic E-state index is 13.9. The third-order valence-electron chi connectivity index (χ3n) is 4.33. The molecule has 1 unspecified atom stereocenters. The highest BCUT2D eigenvalue weighted by Gasteiger charge is 2.57. The van der Waals surface area contributed by atoms with E-state index in [9.17, 15) is 40.7 Å². The molecular formula is C17H17F6N3O4. The molecule has 1 aliphatic rings. The Morgan fingerprint density at radius 2 is 1.87 bits per heavy atom. The van der Waals surface area contributed by atoms with Crippen LogP contribution >= 0.6 is 0 Å². The minimum absolute atomic E-state index is 0.0944. The average molecular weight is 441 g/mol. The fourth-order valence-corrected chi connectivity index (χ4v) is 2.47. The van der Waals surface area contributed by atoms with Crippen LogP contribution in [0.1, 0.15) is 6.92 Å². The smallest absolute Gasteiger partial charge is 0.455 e. The Hall–Kier alpha value is -2.99. The maximum Gasteiger partial charge on any atom is 0.455 e. The highest BCUT2D eigenvalue weighted by Crippen LogP contribution is 2.35. The van der Waals surface area contributed by atoms with Crippen molar-refractivity contribution in [2.45, 2.75) is 25.1 Å². The number of carbonyl (C=O) groups excluding carboxylic acids is 3. The first-order valence-electron chi connectivity index (χ1n) is 8.47. The van der Waals surface area contributed by atoms with E-state index in [0.717, 1.165) is 17.9 Å². The highest BCUT2D eigenvalue weighted by atomic mass is 19.4. The third-order valence-corrected chi connectivity index (χ3v) is 4.33. The largest absolute Gasteiger partial charge is 0.486 e. The molecule has 1 aromatic rings. The lowest BCUT2D eigenvalue weighted by molar-refractivity contribution is -0.278. The van der Waals surface area contributed by atoms with Crippen LogP contribution in [-0.2, 0) is 14.4 Å². The van der Waals surface area contributed by atoms with Gasteiger partial charge in [-0.15, -0.1) is 0 Å². The lowest BCUT2D eigenvalue weighted by atomic mass is 10.1. The second-order valence-electron chi connectivity index (χ2n) is 6.50. The first kappa shape index (κ1) is 23.3. The summed E-state index contributed by atoms with van der Waals surface area (Å²) in [4.78, 5) is 37.5. The van der Waals surface area contributed by atoms with E-state index in [1.165, 1.54) is 24.5 Å². The number of alkyl halides is 5. The lowest BCUT2D eigenvalue weighted by Crippen LogP contribution is -2.53. The molecule has 2 N–H and O–H groups in total. The molecule has 0 spiro atoms. The molecule has 0 aliphatic carbocycles. The Morgan fingerprint density at radius 1 is 1.23 bits per heavy atom. The lowest BCUT2D eigenvalue weighted by Gasteiger charge is -2.23. The van der Waals surface area contributed by atoms with Crippen molar-refractivity contribution in [2.75, 3.05) is 25.1 Å². The number of benzene rings is 1. The van der Waals surface area contributed by atoms with Gasteiger partial charge in [0, 0.05) is 7.05 Å². The van der Waals surface area contributed by atoms with E-state index in [2.05, 4.69) is 5.32 Å². The average Bonchev–Trinajstić information content (AvgIpc) is 2.77. The fraction of sp³-hybridized carbons (Fsp3) is 0.471. The van der Waals surface area contributed by atoms with Gasteiger partial charge in [-0.2, -0.15) is 22.0 Å². The number of likely N-dealkylation sites (N-methyl/N-ethyl adjacent to an activating group) is 1. The van der Waals surface area contributed by atoms with Crippen molar-refractivity contribution in [1.29, 1.82) is 0 Å². The van der Waals surface area contributed by atoms with Crippen molar-refractivity contribution >= 4 is 23.4 Å². The predicted molar refractivity (Wildman–Crippen MR) is 90.4 cm³/mol. The van der Waals surface area contributed by atoms with Crippen LogP contribution < -0.4 is 20.3 Å². The highest BCUT2D eigenvalue weighted by molar-refractivity contribution is 6.04. The molecular weight excluding hydrogens is 424 g/mol. The number of hydrogen-bond donors (Lipinski definition) is 2. The van der Waals surface area contributed by atoms with Crippen molar-refractivity contribution in [3.8, 4) is 5.75 Å². The molecule has 30 heavy (non-hydrogen) atoms. The maximum atomic E-state index is 13.9. The van der Waals surface area contributed by atoms with Crippen molar-refractivity contribution in [2.24, 2.45) is 5.92 Å². The normalized spacial score (nSPS) is 18.1. The van der Waals surface area contributed by atoms with Gasteiger partial charge in [-0.05, 0) is 19.1 Å². The molecule has 7 nitrogen and oxygen atoms in total. The van der Waals surface area contributed by atoms with Crippen LogP contribution in [0, 0.1) is 11.7 Å². The molecule has 0 saturated heterocycles. The molecule has 1 heterocycles. The molecule has 1 aliphatic heterocycles. The SMILES string of the molecule is CC(C(=O)NCC(F)(F)C(F)(F)F)C(=O)N[C@H]1COc2c(F)cccc2N(C)C1=O. The van der Waals surface area contributed by atoms with E-state index in [0.29, 0.717) is 0 Å². The van der Waals surface area contributed by atoms with Gasteiger partial charge in [-0.3, -0.25) is 14.4 Å². The van der Waals surface area contributed by atoms with Gasteiger partial charge in [0.25, 0.3) is 5.91 Å². The number of para-hydroxylation sites is 1. The van der Waals surface area contributed by atoms with Gasteiger partial charge in [0.1, 0.15) is 18.6 Å². The van der Waals surface area contributed by atoms with E-state index in [1.807, 2.05) is 0 Å². The number of carbonyl (C=O) groups is 3. The number of amides is 3. The number of fused-ring (bicyclic) bond motifs is 1. The van der Waals surface area contributed by atoms with Gasteiger partial charge < -0.3 is 20.3 Å². The molecule has 2 atom stereocenters. The second-order valence-corrected chi connectivity index (χ2v) is 6.50. The van der Waals surface area contributed by atoms with Crippen molar-refractivity contribution in [3.05, 3.63) is 24.0 Å². The van der Waals surface area contributed by atoms with E-state index < -0.39 is 60.7 Å². The summed E-state index contributed by atoms with van der Waals surface area (Å²) in [5.74, 6) is -11.1. The Bertz CT molecular complexity index is 845. The predicted octanol–water partition coefficient (Wildman–Crippen LogP) is 1.62. The number of rotatable bonds is 5. The Balaban J connectivity index is 2.02. The van der Waals surface area contributed by atoms with Crippen LogP contribution in [-0.4, -0.2) is 56.1 Å². The zero-order valence-electron chi connectivity index (χ0n) is 15.6. The summed E-state index contributed by atoms with van der Waals surface area (Å²) >= 11 is 0. The number of anilines is 1. The summed E-state index contributed by atoms with van der Waals surface area (Å²) in [5, 5.41) is 3.51. The number of hydrogen-bond acceptors (Lipinski definition) is 4. The molecule has 0 saturated carbocycles. The summed E-state index contributed by atoms with van der Waals surface area (Å²) in [7, 11) is 1.30. The van der Waals surface area contributed by atoms with Gasteiger partial charge in [0.05, 0.1) is 12.2 Å². The summed E-state index contributed by atoms with van der Waals surface area (Å²) in [6.45, 7) is -1.59. The van der Waals surface area contributed by atoms with Gasteiger partial charge in [0.2, 0.25) is 11.8 Å². The topological polar surface area (TPSA) is 87.7 Å². The minimum Gasteiger partial charge on any atom is -0.486 e. The van der Waals surface area contributed by atoms with Crippen LogP contribution in [0.3, 0.4) is 0 Å². The van der Waals surface area contributed by atoms with Crippen LogP contribution in [0.2, 0.25) is 0 Å². The molecule has 1 aromatic carbocycles. The molecule has 0 bridgehead atoms. The number of halogens is 6. The standard InChI is InChI=1S/C17H17F6N3O4/c1-8(13(27)24-7-16(19,20)17(21,22)23)14(28)25-10-6-30-12-9(18)4-3-5-11(12)26(2)15(10)29/h3-5,8,10H,6-7H2,1-2H3,(H,24,27)(H,25,28)/t8?,10-/m0/s1. The molecule has 3 amide bonds. The van der Waals surface area contributed by atoms with Crippen LogP contribution in [0.4, 0.5) is 32.0 Å². The van der Waals surface area contributed by atoms with E-state index in [1.54, 1.807) is 0 Å². The molecule has 13 heteroatoms. The Kier molecular flexibility index (Phi) is 6.52. The van der Waals surface area contributed by atoms with E-state index in [-0.39, 0.29) is 11.4 Å². The number of nitrogens with one attached hydrogen (secondary N) is 2. The second kappa shape index (κ2) is 8.40. The summed E-state index contributed by atoms with van der Waals surface area (Å²) in [6, 6.07) is 2.47. The van der Waals surface area contributed by atoms with Gasteiger partial charge in [-0.1, -0.05) is 6.07 Å². The monoisotopic (exact) mass is 441 g/mol. The molecule has 0 aromatic heterocycles. The van der Waals surface area contributed by atoms with E-state index in [4.69, 9.17) is 4.74 Å². The van der Waals surface area contributed by atoms with Gasteiger partial charge in [-0.25, -0.2) is 4.39 Å². The molecule has 2 rings (SSSR count). The number of ether oxygens (including phenoxy) is 1. The van der Waals surface area contributed by atoms with Crippen LogP contribution in [0.5, 0.6) is 5.75 Å². The third kappa shape index (κ3) is 4.76. The van der Waals surface area contributed by atoms with Crippen molar-refractivity contribution in [3.63, 3.8) is 0 Å². The molecule has 0 fully saturated rings. The first-order valence-corrected chi connectivity index (χ1v) is 8.47.